The minimum absolute atomic E-state index is 0.349. The first-order valence-corrected chi connectivity index (χ1v) is 10.9. The van der Waals surface area contributed by atoms with Gasteiger partial charge in [0.05, 0.1) is 0 Å². The molecule has 1 unspecified atom stereocenters. The molecule has 0 fully saturated rings. The van der Waals surface area contributed by atoms with Gasteiger partial charge in [0, 0.05) is 5.56 Å². The summed E-state index contributed by atoms with van der Waals surface area (Å²) in [5, 5.41) is 0. The van der Waals surface area contributed by atoms with E-state index < -0.39 is 0 Å². The van der Waals surface area contributed by atoms with Gasteiger partial charge in [-0.3, -0.25) is 0 Å². The van der Waals surface area contributed by atoms with Gasteiger partial charge >= 0.3 is 0 Å². The van der Waals surface area contributed by atoms with Crippen molar-refractivity contribution in [3.8, 4) is 17.2 Å². The van der Waals surface area contributed by atoms with Crippen molar-refractivity contribution in [2.45, 2.75) is 73.8 Å². The van der Waals surface area contributed by atoms with Crippen molar-refractivity contribution in [1.29, 1.82) is 0 Å². The number of allylic oxidation sites excluding steroid dienone is 1. The third-order valence-corrected chi connectivity index (χ3v) is 6.15. The number of fused-ring (bicyclic) bond motifs is 1. The van der Waals surface area contributed by atoms with Crippen molar-refractivity contribution in [3.63, 3.8) is 0 Å². The number of hydrogen-bond acceptors (Lipinski definition) is 3. The van der Waals surface area contributed by atoms with E-state index in [0.29, 0.717) is 13.2 Å². The van der Waals surface area contributed by atoms with Crippen LogP contribution in [0.1, 0.15) is 60.6 Å². The summed E-state index contributed by atoms with van der Waals surface area (Å²) >= 11 is 0. The smallest absolute Gasteiger partial charge is 0.140 e. The molecule has 3 rings (SSSR count). The molecule has 162 valence electrons. The highest BCUT2D eigenvalue weighted by Gasteiger charge is 2.35. The average Bonchev–Trinajstić information content (AvgIpc) is 2.68. The lowest BCUT2D eigenvalue weighted by atomic mass is 9.87. The molecule has 0 saturated heterocycles. The molecule has 3 nitrogen and oxygen atoms in total. The molecule has 0 aliphatic carbocycles. The maximum Gasteiger partial charge on any atom is 0.140 e. The van der Waals surface area contributed by atoms with Crippen LogP contribution in [0.2, 0.25) is 0 Å². The Balaban J connectivity index is 1.81. The summed E-state index contributed by atoms with van der Waals surface area (Å²) in [6.45, 7) is 18.1. The van der Waals surface area contributed by atoms with Gasteiger partial charge in [-0.2, -0.15) is 0 Å². The fourth-order valence-electron chi connectivity index (χ4n) is 4.08. The van der Waals surface area contributed by atoms with E-state index in [0.717, 1.165) is 41.2 Å². The van der Waals surface area contributed by atoms with Crippen molar-refractivity contribution in [3.05, 3.63) is 63.2 Å². The predicted molar refractivity (Wildman–Crippen MR) is 124 cm³/mol. The third kappa shape index (κ3) is 4.66. The second-order valence-corrected chi connectivity index (χ2v) is 9.21. The van der Waals surface area contributed by atoms with Gasteiger partial charge in [0.15, 0.2) is 0 Å². The van der Waals surface area contributed by atoms with E-state index in [4.69, 9.17) is 14.2 Å². The molecule has 1 heterocycles. The topological polar surface area (TPSA) is 27.7 Å². The normalized spacial score (nSPS) is 17.7. The predicted octanol–water partition coefficient (Wildman–Crippen LogP) is 6.74. The van der Waals surface area contributed by atoms with Crippen molar-refractivity contribution in [1.82, 2.24) is 0 Å². The number of benzene rings is 2. The second-order valence-electron chi connectivity index (χ2n) is 9.21. The van der Waals surface area contributed by atoms with E-state index in [9.17, 15) is 0 Å². The van der Waals surface area contributed by atoms with E-state index in [-0.39, 0.29) is 5.60 Å². The molecule has 3 heteroatoms. The maximum absolute atomic E-state index is 6.60. The lowest BCUT2D eigenvalue weighted by Gasteiger charge is -2.38. The van der Waals surface area contributed by atoms with Crippen LogP contribution in [-0.2, 0) is 6.42 Å². The summed E-state index contributed by atoms with van der Waals surface area (Å²) < 4.78 is 18.9. The van der Waals surface area contributed by atoms with Gasteiger partial charge < -0.3 is 14.2 Å². The Morgan fingerprint density at radius 3 is 2.43 bits per heavy atom. The van der Waals surface area contributed by atoms with Crippen LogP contribution in [0.15, 0.2) is 29.8 Å². The van der Waals surface area contributed by atoms with Crippen molar-refractivity contribution in [2.75, 3.05) is 13.2 Å². The molecule has 2 aromatic rings. The van der Waals surface area contributed by atoms with Crippen LogP contribution in [0.4, 0.5) is 0 Å². The van der Waals surface area contributed by atoms with Gasteiger partial charge in [-0.25, -0.2) is 0 Å². The molecule has 0 amide bonds. The van der Waals surface area contributed by atoms with E-state index >= 15 is 0 Å². The summed E-state index contributed by atoms with van der Waals surface area (Å²) in [6, 6.07) is 6.30. The van der Waals surface area contributed by atoms with Crippen LogP contribution in [0.3, 0.4) is 0 Å². The minimum Gasteiger partial charge on any atom is -0.489 e. The number of ether oxygens (including phenoxy) is 3. The molecule has 0 radical (unpaired) electrons. The molecule has 2 aromatic carbocycles. The van der Waals surface area contributed by atoms with Crippen LogP contribution in [0.5, 0.6) is 17.2 Å². The Bertz CT molecular complexity index is 967. The maximum atomic E-state index is 6.60. The largest absolute Gasteiger partial charge is 0.489 e. The van der Waals surface area contributed by atoms with E-state index in [1.165, 1.54) is 27.8 Å². The highest BCUT2D eigenvalue weighted by molar-refractivity contribution is 5.59. The summed E-state index contributed by atoms with van der Waals surface area (Å²) in [4.78, 5) is 0. The summed E-state index contributed by atoms with van der Waals surface area (Å²) in [5.41, 5.74) is 8.13. The van der Waals surface area contributed by atoms with Crippen molar-refractivity contribution in [2.24, 2.45) is 0 Å². The molecule has 1 aliphatic heterocycles. The van der Waals surface area contributed by atoms with Gasteiger partial charge in [0.1, 0.15) is 36.1 Å². The number of rotatable bonds is 6. The van der Waals surface area contributed by atoms with Gasteiger partial charge in [0.2, 0.25) is 0 Å². The fourth-order valence-corrected chi connectivity index (χ4v) is 4.08. The van der Waals surface area contributed by atoms with Gasteiger partial charge in [-0.15, -0.1) is 0 Å². The molecule has 0 saturated carbocycles. The Morgan fingerprint density at radius 2 is 1.77 bits per heavy atom. The Kier molecular flexibility index (Phi) is 6.50. The number of aryl methyl sites for hydroxylation is 2. The highest BCUT2D eigenvalue weighted by Crippen LogP contribution is 2.44. The molecule has 0 aromatic heterocycles. The first-order chi connectivity index (χ1) is 14.1. The first kappa shape index (κ1) is 22.3. The fraction of sp³-hybridized carbons (Fsp3) is 0.481. The van der Waals surface area contributed by atoms with Crippen LogP contribution in [0, 0.1) is 34.6 Å². The van der Waals surface area contributed by atoms with Gasteiger partial charge in [-0.1, -0.05) is 23.3 Å². The number of hydrogen-bond donors (Lipinski definition) is 0. The third-order valence-electron chi connectivity index (χ3n) is 6.15. The molecule has 0 bridgehead atoms. The monoisotopic (exact) mass is 408 g/mol. The molecular weight excluding hydrogens is 372 g/mol. The molecule has 0 N–H and O–H groups in total. The van der Waals surface area contributed by atoms with Crippen LogP contribution < -0.4 is 14.2 Å². The van der Waals surface area contributed by atoms with Crippen LogP contribution in [-0.4, -0.2) is 18.8 Å². The molecule has 0 spiro atoms. The molecular formula is C27H36O3. The standard InChI is InChI=1S/C27H36O3/c1-17(2)12-14-28-25-20(5)21(6)26-23(22(25)7)11-13-27(8,30-26)16-29-24-10-9-18(3)15-19(24)4/h9-10,12,15H,11,13-14,16H2,1-8H3. The zero-order valence-corrected chi connectivity index (χ0v) is 19.9. The first-order valence-electron chi connectivity index (χ1n) is 10.9. The quantitative estimate of drug-likeness (QED) is 0.496. The highest BCUT2D eigenvalue weighted by atomic mass is 16.5. The van der Waals surface area contributed by atoms with Gasteiger partial charge in [-0.05, 0) is 103 Å². The zero-order chi connectivity index (χ0) is 22.1. The van der Waals surface area contributed by atoms with Crippen molar-refractivity contribution < 1.29 is 14.2 Å². The SMILES string of the molecule is CC(C)=CCOc1c(C)c(C)c2c(c1C)CCC(C)(COc1ccc(C)cc1C)O2. The van der Waals surface area contributed by atoms with E-state index in [1.54, 1.807) is 0 Å². The zero-order valence-electron chi connectivity index (χ0n) is 19.9. The van der Waals surface area contributed by atoms with Crippen LogP contribution >= 0.6 is 0 Å². The lowest BCUT2D eigenvalue weighted by molar-refractivity contribution is 0.0164. The second kappa shape index (κ2) is 8.75. The summed E-state index contributed by atoms with van der Waals surface area (Å²) in [5.74, 6) is 2.95. The molecule has 30 heavy (non-hydrogen) atoms. The Hall–Kier alpha value is -2.42. The van der Waals surface area contributed by atoms with Crippen LogP contribution in [0.25, 0.3) is 0 Å². The average molecular weight is 409 g/mol. The van der Waals surface area contributed by atoms with E-state index in [1.807, 2.05) is 0 Å². The van der Waals surface area contributed by atoms with E-state index in [2.05, 4.69) is 79.7 Å². The minimum atomic E-state index is -0.349. The van der Waals surface area contributed by atoms with Crippen molar-refractivity contribution >= 4 is 0 Å². The summed E-state index contributed by atoms with van der Waals surface area (Å²) in [6.07, 6.45) is 4.00. The lowest BCUT2D eigenvalue weighted by Crippen LogP contribution is -2.42. The molecule has 1 atom stereocenters. The Morgan fingerprint density at radius 1 is 1.03 bits per heavy atom. The molecule has 1 aliphatic rings. The summed E-state index contributed by atoms with van der Waals surface area (Å²) in [7, 11) is 0. The Labute approximate surface area is 182 Å². The van der Waals surface area contributed by atoms with Gasteiger partial charge in [0.25, 0.3) is 0 Å².